The molecule has 1 aliphatic carbocycles. The van der Waals surface area contributed by atoms with Crippen LogP contribution in [0.1, 0.15) is 38.2 Å². The van der Waals surface area contributed by atoms with E-state index in [1.165, 1.54) is 24.0 Å². The number of carbonyl (C=O) groups is 1. The van der Waals surface area contributed by atoms with Crippen LogP contribution in [0.15, 0.2) is 58.3 Å². The van der Waals surface area contributed by atoms with Gasteiger partial charge in [0.1, 0.15) is 0 Å². The second-order valence-electron chi connectivity index (χ2n) is 7.74. The summed E-state index contributed by atoms with van der Waals surface area (Å²) in [5, 5.41) is 0. The fraction of sp³-hybridized carbons (Fsp3) is 0.435. The van der Waals surface area contributed by atoms with E-state index in [4.69, 9.17) is 9.47 Å². The summed E-state index contributed by atoms with van der Waals surface area (Å²) < 4.78 is 37.8. The summed E-state index contributed by atoms with van der Waals surface area (Å²) >= 11 is 0. The smallest absolute Gasteiger partial charge is 0.223 e. The molecule has 0 aromatic heterocycles. The third kappa shape index (κ3) is 4.29. The SMILES string of the molecule is CO[C@H]1CC[C@@](OC)(c2cccc(S(=O)(=O)c3ccc(N(C)C(C)=O)cc3)c2)CC1. The first-order valence-electron chi connectivity index (χ1n) is 10.0. The van der Waals surface area contributed by atoms with Crippen molar-refractivity contribution in [2.45, 2.75) is 54.1 Å². The molecule has 1 amide bonds. The predicted octanol–water partition coefficient (Wildman–Crippen LogP) is 3.93. The lowest BCUT2D eigenvalue weighted by Crippen LogP contribution is -2.36. The summed E-state index contributed by atoms with van der Waals surface area (Å²) in [6, 6.07) is 13.4. The number of hydrogen-bond donors (Lipinski definition) is 0. The molecule has 2 aromatic rings. The molecule has 1 saturated carbocycles. The Hall–Kier alpha value is -2.22. The van der Waals surface area contributed by atoms with Crippen LogP contribution in [0.3, 0.4) is 0 Å². The second-order valence-corrected chi connectivity index (χ2v) is 9.69. The standard InChI is InChI=1S/C23H29NO5S/c1-17(25)24(2)19-8-10-21(11-9-19)30(26,27)22-7-5-6-18(16-22)23(29-4)14-12-20(28-3)13-15-23/h5-11,16,20H,12-15H2,1-4H3/t20-,23-. The quantitative estimate of drug-likeness (QED) is 0.693. The number of hydrogen-bond acceptors (Lipinski definition) is 5. The topological polar surface area (TPSA) is 72.9 Å². The van der Waals surface area contributed by atoms with Crippen molar-refractivity contribution in [3.63, 3.8) is 0 Å². The van der Waals surface area contributed by atoms with Crippen LogP contribution in [-0.2, 0) is 29.7 Å². The van der Waals surface area contributed by atoms with Gasteiger partial charge in [-0.1, -0.05) is 12.1 Å². The second kappa shape index (κ2) is 8.88. The monoisotopic (exact) mass is 431 g/mol. The maximum Gasteiger partial charge on any atom is 0.223 e. The Morgan fingerprint density at radius 1 is 1.03 bits per heavy atom. The highest BCUT2D eigenvalue weighted by Crippen LogP contribution is 2.41. The molecule has 30 heavy (non-hydrogen) atoms. The first-order chi connectivity index (χ1) is 14.2. The number of methoxy groups -OCH3 is 2. The highest BCUT2D eigenvalue weighted by Gasteiger charge is 2.37. The molecule has 6 nitrogen and oxygen atoms in total. The van der Waals surface area contributed by atoms with Gasteiger partial charge in [0.25, 0.3) is 0 Å². The van der Waals surface area contributed by atoms with E-state index in [2.05, 4.69) is 0 Å². The van der Waals surface area contributed by atoms with E-state index in [0.717, 1.165) is 31.2 Å². The van der Waals surface area contributed by atoms with Gasteiger partial charge in [0, 0.05) is 33.9 Å². The molecule has 0 heterocycles. The van der Waals surface area contributed by atoms with Gasteiger partial charge in [0.05, 0.1) is 21.5 Å². The Morgan fingerprint density at radius 2 is 1.67 bits per heavy atom. The average Bonchev–Trinajstić information content (AvgIpc) is 2.78. The van der Waals surface area contributed by atoms with Gasteiger partial charge in [-0.05, 0) is 67.6 Å². The number of nitrogens with zero attached hydrogens (tertiary/aromatic N) is 1. The highest BCUT2D eigenvalue weighted by atomic mass is 32.2. The molecule has 162 valence electrons. The van der Waals surface area contributed by atoms with Crippen LogP contribution in [0, 0.1) is 0 Å². The van der Waals surface area contributed by atoms with Crippen molar-refractivity contribution in [1.29, 1.82) is 0 Å². The number of ether oxygens (including phenoxy) is 2. The molecule has 1 aliphatic rings. The van der Waals surface area contributed by atoms with E-state index in [1.54, 1.807) is 51.6 Å². The summed E-state index contributed by atoms with van der Waals surface area (Å²) in [5.41, 5.74) is 1.01. The number of sulfone groups is 1. The summed E-state index contributed by atoms with van der Waals surface area (Å²) in [4.78, 5) is 13.4. The fourth-order valence-corrected chi connectivity index (χ4v) is 5.32. The number of amides is 1. The van der Waals surface area contributed by atoms with Crippen molar-refractivity contribution in [2.24, 2.45) is 0 Å². The van der Waals surface area contributed by atoms with Crippen molar-refractivity contribution < 1.29 is 22.7 Å². The van der Waals surface area contributed by atoms with Crippen LogP contribution in [0.5, 0.6) is 0 Å². The van der Waals surface area contributed by atoms with E-state index in [-0.39, 0.29) is 21.8 Å². The van der Waals surface area contributed by atoms with Gasteiger partial charge in [-0.3, -0.25) is 4.79 Å². The zero-order chi connectivity index (χ0) is 21.9. The Morgan fingerprint density at radius 3 is 2.20 bits per heavy atom. The van der Waals surface area contributed by atoms with Crippen LogP contribution in [-0.4, -0.2) is 41.7 Å². The molecule has 7 heteroatoms. The molecule has 1 fully saturated rings. The maximum atomic E-state index is 13.2. The van der Waals surface area contributed by atoms with Crippen molar-refractivity contribution in [3.8, 4) is 0 Å². The number of rotatable bonds is 6. The number of anilines is 1. The average molecular weight is 432 g/mol. The van der Waals surface area contributed by atoms with Crippen molar-refractivity contribution in [1.82, 2.24) is 0 Å². The molecule has 0 spiro atoms. The van der Waals surface area contributed by atoms with Crippen LogP contribution in [0.25, 0.3) is 0 Å². The largest absolute Gasteiger partial charge is 0.381 e. The zero-order valence-corrected chi connectivity index (χ0v) is 18.7. The normalized spacial score (nSPS) is 21.9. The third-order valence-electron chi connectivity index (χ3n) is 6.14. The van der Waals surface area contributed by atoms with Gasteiger partial charge >= 0.3 is 0 Å². The van der Waals surface area contributed by atoms with Crippen LogP contribution in [0.2, 0.25) is 0 Å². The summed E-state index contributed by atoms with van der Waals surface area (Å²) in [5.74, 6) is -0.119. The molecule has 3 rings (SSSR count). The summed E-state index contributed by atoms with van der Waals surface area (Å²) in [6.45, 7) is 1.46. The van der Waals surface area contributed by atoms with Crippen molar-refractivity contribution in [2.75, 3.05) is 26.2 Å². The first kappa shape index (κ1) is 22.5. The van der Waals surface area contributed by atoms with Gasteiger partial charge in [-0.2, -0.15) is 0 Å². The van der Waals surface area contributed by atoms with Gasteiger partial charge in [-0.25, -0.2) is 8.42 Å². The Labute approximate surface area is 178 Å². The molecular weight excluding hydrogens is 402 g/mol. The lowest BCUT2D eigenvalue weighted by atomic mass is 9.78. The van der Waals surface area contributed by atoms with E-state index >= 15 is 0 Å². The first-order valence-corrected chi connectivity index (χ1v) is 11.5. The minimum atomic E-state index is -3.70. The van der Waals surface area contributed by atoms with Gasteiger partial charge in [0.15, 0.2) is 0 Å². The lowest BCUT2D eigenvalue weighted by Gasteiger charge is -2.39. The molecule has 0 atom stereocenters. The third-order valence-corrected chi connectivity index (χ3v) is 7.91. The van der Waals surface area contributed by atoms with E-state index in [1.807, 2.05) is 6.07 Å². The summed E-state index contributed by atoms with van der Waals surface area (Å²) in [6.07, 6.45) is 3.50. The molecule has 0 radical (unpaired) electrons. The minimum absolute atomic E-state index is 0.119. The molecule has 0 N–H and O–H groups in total. The van der Waals surface area contributed by atoms with Crippen LogP contribution in [0.4, 0.5) is 5.69 Å². The molecular formula is C23H29NO5S. The van der Waals surface area contributed by atoms with E-state index in [0.29, 0.717) is 5.69 Å². The van der Waals surface area contributed by atoms with Crippen LogP contribution >= 0.6 is 0 Å². The molecule has 0 bridgehead atoms. The Kier molecular flexibility index (Phi) is 6.65. The molecule has 0 aliphatic heterocycles. The lowest BCUT2D eigenvalue weighted by molar-refractivity contribution is -0.116. The molecule has 0 saturated heterocycles. The van der Waals surface area contributed by atoms with E-state index in [9.17, 15) is 13.2 Å². The zero-order valence-electron chi connectivity index (χ0n) is 17.9. The molecule has 0 unspecified atom stereocenters. The van der Waals surface area contributed by atoms with Crippen LogP contribution < -0.4 is 4.90 Å². The summed E-state index contributed by atoms with van der Waals surface area (Å²) in [7, 11) is 1.35. The van der Waals surface area contributed by atoms with Crippen molar-refractivity contribution >= 4 is 21.4 Å². The number of carbonyl (C=O) groups excluding carboxylic acids is 1. The minimum Gasteiger partial charge on any atom is -0.381 e. The van der Waals surface area contributed by atoms with Gasteiger partial charge in [-0.15, -0.1) is 0 Å². The Bertz CT molecular complexity index is 993. The highest BCUT2D eigenvalue weighted by molar-refractivity contribution is 7.91. The fourth-order valence-electron chi connectivity index (χ4n) is 4.02. The van der Waals surface area contributed by atoms with Crippen molar-refractivity contribution in [3.05, 3.63) is 54.1 Å². The Balaban J connectivity index is 1.92. The molecule has 2 aromatic carbocycles. The predicted molar refractivity (Wildman–Crippen MR) is 115 cm³/mol. The number of benzene rings is 2. The van der Waals surface area contributed by atoms with Gasteiger partial charge < -0.3 is 14.4 Å². The van der Waals surface area contributed by atoms with E-state index < -0.39 is 15.4 Å². The maximum absolute atomic E-state index is 13.2. The van der Waals surface area contributed by atoms with Gasteiger partial charge in [0.2, 0.25) is 15.7 Å².